The molecule has 0 aliphatic rings. The molecule has 0 aliphatic carbocycles. The van der Waals surface area contributed by atoms with Gasteiger partial charge in [-0.15, -0.1) is 10.2 Å². The minimum atomic E-state index is -0.0956. The molecule has 29 heavy (non-hydrogen) atoms. The molecule has 0 bridgehead atoms. The first-order chi connectivity index (χ1) is 14.0. The predicted molar refractivity (Wildman–Crippen MR) is 117 cm³/mol. The number of aryl methyl sites for hydroxylation is 3. The fourth-order valence-electron chi connectivity index (χ4n) is 3.40. The first kappa shape index (κ1) is 19.3. The number of aromatic nitrogens is 3. The van der Waals surface area contributed by atoms with E-state index in [1.165, 1.54) is 22.7 Å². The number of carbonyl (C=O) groups is 1. The summed E-state index contributed by atoms with van der Waals surface area (Å²) in [6.07, 6.45) is 0. The summed E-state index contributed by atoms with van der Waals surface area (Å²) in [7, 11) is 1.61. The summed E-state index contributed by atoms with van der Waals surface area (Å²) in [5.41, 5.74) is 6.07. The molecule has 4 aromatic rings. The molecule has 0 saturated carbocycles. The van der Waals surface area contributed by atoms with E-state index in [2.05, 4.69) is 52.0 Å². The van der Waals surface area contributed by atoms with E-state index in [1.54, 1.807) is 7.11 Å². The van der Waals surface area contributed by atoms with Crippen molar-refractivity contribution in [3.63, 3.8) is 0 Å². The average Bonchev–Trinajstić information content (AvgIpc) is 3.14. The number of nitrogens with zero attached hydrogens (tertiary/aromatic N) is 3. The number of nitrogens with one attached hydrogen (secondary N) is 1. The number of anilines is 1. The van der Waals surface area contributed by atoms with Crippen LogP contribution in [0.15, 0.2) is 47.6 Å². The fraction of sp³-hybridized carbons (Fsp3) is 0.227. The zero-order chi connectivity index (χ0) is 20.5. The maximum absolute atomic E-state index is 12.4. The Bertz CT molecular complexity index is 1220. The van der Waals surface area contributed by atoms with E-state index in [0.717, 1.165) is 33.7 Å². The Morgan fingerprint density at radius 3 is 2.48 bits per heavy atom. The number of fused-ring (bicyclic) bond motifs is 3. The molecular weight excluding hydrogens is 384 g/mol. The Morgan fingerprint density at radius 2 is 1.76 bits per heavy atom. The first-order valence-corrected chi connectivity index (χ1v) is 10.3. The van der Waals surface area contributed by atoms with Gasteiger partial charge in [0.2, 0.25) is 5.91 Å². The molecule has 0 radical (unpaired) electrons. The lowest BCUT2D eigenvalue weighted by molar-refractivity contribution is -0.113. The molecule has 2 aromatic heterocycles. The molecule has 148 valence electrons. The lowest BCUT2D eigenvalue weighted by atomic mass is 10.0. The third-order valence-corrected chi connectivity index (χ3v) is 5.84. The van der Waals surface area contributed by atoms with Crippen molar-refractivity contribution >= 4 is 39.9 Å². The van der Waals surface area contributed by atoms with E-state index in [4.69, 9.17) is 4.74 Å². The number of hydrogen-bond donors (Lipinski definition) is 1. The van der Waals surface area contributed by atoms with E-state index < -0.39 is 0 Å². The molecule has 0 atom stereocenters. The van der Waals surface area contributed by atoms with Crippen LogP contribution >= 0.6 is 11.8 Å². The topological polar surface area (TPSA) is 68.5 Å². The number of ether oxygens (including phenoxy) is 1. The van der Waals surface area contributed by atoms with Crippen LogP contribution in [-0.2, 0) is 4.79 Å². The summed E-state index contributed by atoms with van der Waals surface area (Å²) in [6, 6.07) is 13.7. The Kier molecular flexibility index (Phi) is 5.15. The van der Waals surface area contributed by atoms with Gasteiger partial charge < -0.3 is 10.1 Å². The molecule has 0 aliphatic heterocycles. The summed E-state index contributed by atoms with van der Waals surface area (Å²) in [4.78, 5) is 12.4. The molecule has 7 heteroatoms. The molecule has 1 N–H and O–H groups in total. The van der Waals surface area contributed by atoms with Crippen LogP contribution < -0.4 is 10.1 Å². The van der Waals surface area contributed by atoms with Gasteiger partial charge in [0.25, 0.3) is 0 Å². The highest BCUT2D eigenvalue weighted by atomic mass is 32.2. The minimum Gasteiger partial charge on any atom is -0.497 e. The Balaban J connectivity index is 1.61. The molecule has 0 unspecified atom stereocenters. The van der Waals surface area contributed by atoms with E-state index in [1.807, 2.05) is 31.2 Å². The summed E-state index contributed by atoms with van der Waals surface area (Å²) in [5, 5.41) is 13.5. The highest BCUT2D eigenvalue weighted by molar-refractivity contribution is 7.99. The highest BCUT2D eigenvalue weighted by Gasteiger charge is 2.16. The second kappa shape index (κ2) is 7.75. The van der Waals surface area contributed by atoms with Crippen LogP contribution in [0.2, 0.25) is 0 Å². The molecule has 1 amide bonds. The summed E-state index contributed by atoms with van der Waals surface area (Å²) >= 11 is 1.38. The second-order valence-electron chi connectivity index (χ2n) is 7.00. The van der Waals surface area contributed by atoms with Crippen molar-refractivity contribution in [2.24, 2.45) is 0 Å². The number of amides is 1. The van der Waals surface area contributed by atoms with Gasteiger partial charge >= 0.3 is 0 Å². The van der Waals surface area contributed by atoms with Crippen molar-refractivity contribution in [3.05, 3.63) is 59.2 Å². The normalized spacial score (nSPS) is 11.2. The molecule has 2 heterocycles. The quantitative estimate of drug-likeness (QED) is 0.493. The van der Waals surface area contributed by atoms with Crippen molar-refractivity contribution in [3.8, 4) is 5.75 Å². The summed E-state index contributed by atoms with van der Waals surface area (Å²) < 4.78 is 7.21. The van der Waals surface area contributed by atoms with Crippen LogP contribution in [-0.4, -0.2) is 33.4 Å². The number of methoxy groups -OCH3 is 1. The lowest BCUT2D eigenvalue weighted by Gasteiger charge is -2.11. The van der Waals surface area contributed by atoms with Crippen LogP contribution in [0.5, 0.6) is 5.75 Å². The number of thioether (sulfide) groups is 1. The Labute approximate surface area is 173 Å². The monoisotopic (exact) mass is 406 g/mol. The van der Waals surface area contributed by atoms with Crippen molar-refractivity contribution < 1.29 is 9.53 Å². The van der Waals surface area contributed by atoms with E-state index in [0.29, 0.717) is 5.16 Å². The molecule has 0 spiro atoms. The predicted octanol–water partition coefficient (Wildman–Crippen LogP) is 4.55. The summed E-state index contributed by atoms with van der Waals surface area (Å²) in [6.45, 7) is 6.23. The maximum Gasteiger partial charge on any atom is 0.234 e. The molecule has 0 saturated heterocycles. The van der Waals surface area contributed by atoms with Crippen LogP contribution in [0.3, 0.4) is 0 Å². The molecule has 4 rings (SSSR count). The van der Waals surface area contributed by atoms with Crippen LogP contribution in [0.25, 0.3) is 16.6 Å². The van der Waals surface area contributed by atoms with E-state index >= 15 is 0 Å². The maximum atomic E-state index is 12.4. The third kappa shape index (κ3) is 3.65. The number of pyridine rings is 1. The third-order valence-electron chi connectivity index (χ3n) is 4.91. The number of hydrogen-bond acceptors (Lipinski definition) is 5. The van der Waals surface area contributed by atoms with Gasteiger partial charge in [-0.1, -0.05) is 23.9 Å². The average molecular weight is 407 g/mol. The smallest absolute Gasteiger partial charge is 0.234 e. The van der Waals surface area contributed by atoms with Crippen molar-refractivity contribution in [2.75, 3.05) is 18.2 Å². The lowest BCUT2D eigenvalue weighted by Crippen LogP contribution is -2.14. The van der Waals surface area contributed by atoms with Gasteiger partial charge in [-0.2, -0.15) is 0 Å². The van der Waals surface area contributed by atoms with Crippen molar-refractivity contribution in [1.82, 2.24) is 14.6 Å². The van der Waals surface area contributed by atoms with E-state index in [9.17, 15) is 4.79 Å². The Morgan fingerprint density at radius 1 is 1.03 bits per heavy atom. The van der Waals surface area contributed by atoms with Gasteiger partial charge in [0.1, 0.15) is 5.75 Å². The zero-order valence-corrected chi connectivity index (χ0v) is 17.6. The van der Waals surface area contributed by atoms with Gasteiger partial charge in [-0.05, 0) is 67.8 Å². The first-order valence-electron chi connectivity index (χ1n) is 9.29. The van der Waals surface area contributed by atoms with Gasteiger partial charge in [0.05, 0.1) is 18.4 Å². The fourth-order valence-corrected chi connectivity index (χ4v) is 4.14. The van der Waals surface area contributed by atoms with Gasteiger partial charge in [-0.3, -0.25) is 9.20 Å². The van der Waals surface area contributed by atoms with Gasteiger partial charge in [0, 0.05) is 11.1 Å². The van der Waals surface area contributed by atoms with Crippen molar-refractivity contribution in [2.45, 2.75) is 25.9 Å². The number of carbonyl (C=O) groups excluding carboxylic acids is 1. The van der Waals surface area contributed by atoms with Gasteiger partial charge in [-0.25, -0.2) is 0 Å². The summed E-state index contributed by atoms with van der Waals surface area (Å²) in [5.74, 6) is 0.898. The molecule has 6 nitrogen and oxygen atoms in total. The number of rotatable bonds is 5. The Hall–Kier alpha value is -3.06. The van der Waals surface area contributed by atoms with Crippen LogP contribution in [0.1, 0.15) is 16.7 Å². The molecular formula is C22H22N4O2S. The second-order valence-corrected chi connectivity index (χ2v) is 7.94. The molecule has 0 fully saturated rings. The standard InChI is InChI=1S/C22H22N4O2S/c1-13-5-6-14(2)20-18(13)11-15(3)21-24-25-22(26(20)21)29-12-19(27)23-16-7-9-17(28-4)10-8-16/h5-11H,12H2,1-4H3,(H,23,27). The van der Waals surface area contributed by atoms with Crippen LogP contribution in [0, 0.1) is 20.8 Å². The zero-order valence-electron chi connectivity index (χ0n) is 16.8. The molecule has 2 aromatic carbocycles. The van der Waals surface area contributed by atoms with E-state index in [-0.39, 0.29) is 11.7 Å². The minimum absolute atomic E-state index is 0.0956. The highest BCUT2D eigenvalue weighted by Crippen LogP contribution is 2.29. The van der Waals surface area contributed by atoms with Gasteiger partial charge in [0.15, 0.2) is 10.8 Å². The largest absolute Gasteiger partial charge is 0.497 e. The SMILES string of the molecule is COc1ccc(NC(=O)CSc2nnc3c(C)cc4c(C)ccc(C)c4n23)cc1. The number of benzene rings is 2. The van der Waals surface area contributed by atoms with Crippen molar-refractivity contribution in [1.29, 1.82) is 0 Å². The van der Waals surface area contributed by atoms with Crippen LogP contribution in [0.4, 0.5) is 5.69 Å².